The zero-order valence-corrected chi connectivity index (χ0v) is 17.9. The van der Waals surface area contributed by atoms with Gasteiger partial charge in [-0.3, -0.25) is 4.99 Å². The van der Waals surface area contributed by atoms with Gasteiger partial charge < -0.3 is 15.4 Å². The number of nitrogens with zero attached hydrogens (tertiary/aromatic N) is 2. The van der Waals surface area contributed by atoms with E-state index < -0.39 is 0 Å². The minimum Gasteiger partial charge on any atom is -0.381 e. The van der Waals surface area contributed by atoms with Crippen molar-refractivity contribution >= 4 is 41.3 Å². The zero-order valence-electron chi connectivity index (χ0n) is 14.7. The van der Waals surface area contributed by atoms with Gasteiger partial charge in [0.05, 0.1) is 10.7 Å². The molecule has 134 valence electrons. The van der Waals surface area contributed by atoms with Crippen LogP contribution in [0.5, 0.6) is 0 Å². The molecule has 1 aromatic heterocycles. The van der Waals surface area contributed by atoms with Crippen molar-refractivity contribution in [1.82, 2.24) is 15.6 Å². The summed E-state index contributed by atoms with van der Waals surface area (Å²) in [5.74, 6) is 1.47. The number of thiazole rings is 1. The molecular formula is C16H31IN4OS. The molecule has 1 rings (SSSR count). The van der Waals surface area contributed by atoms with Crippen LogP contribution in [0.3, 0.4) is 0 Å². The molecule has 1 aromatic rings. The van der Waals surface area contributed by atoms with Crippen LogP contribution < -0.4 is 10.6 Å². The van der Waals surface area contributed by atoms with Crippen LogP contribution in [0.25, 0.3) is 0 Å². The molecule has 0 aliphatic rings. The van der Waals surface area contributed by atoms with Crippen LogP contribution in [0.4, 0.5) is 0 Å². The molecule has 5 nitrogen and oxygen atoms in total. The molecule has 0 saturated carbocycles. The minimum absolute atomic E-state index is 0. The fourth-order valence-corrected chi connectivity index (χ4v) is 2.50. The number of rotatable bonds is 10. The van der Waals surface area contributed by atoms with Crippen molar-refractivity contribution in [3.63, 3.8) is 0 Å². The third kappa shape index (κ3) is 11.7. The molecule has 0 amide bonds. The van der Waals surface area contributed by atoms with Gasteiger partial charge in [-0.05, 0) is 26.2 Å². The molecule has 1 heterocycles. The van der Waals surface area contributed by atoms with E-state index in [1.54, 1.807) is 11.3 Å². The number of hydrogen-bond acceptors (Lipinski definition) is 4. The molecule has 2 N–H and O–H groups in total. The van der Waals surface area contributed by atoms with E-state index in [2.05, 4.69) is 46.8 Å². The Balaban J connectivity index is 0.00000484. The summed E-state index contributed by atoms with van der Waals surface area (Å²) in [6.45, 7) is 12.5. The number of halogens is 1. The molecule has 0 fully saturated rings. The first-order valence-corrected chi connectivity index (χ1v) is 9.00. The lowest BCUT2D eigenvalue weighted by molar-refractivity contribution is 0.109. The molecule has 0 aliphatic heterocycles. The fourth-order valence-electron chi connectivity index (χ4n) is 1.85. The van der Waals surface area contributed by atoms with Crippen molar-refractivity contribution < 1.29 is 4.74 Å². The van der Waals surface area contributed by atoms with Crippen molar-refractivity contribution in [3.8, 4) is 0 Å². The highest BCUT2D eigenvalue weighted by molar-refractivity contribution is 14.0. The highest BCUT2D eigenvalue weighted by Crippen LogP contribution is 2.07. The second kappa shape index (κ2) is 14.0. The quantitative estimate of drug-likeness (QED) is 0.247. The van der Waals surface area contributed by atoms with Crippen LogP contribution in [0.2, 0.25) is 0 Å². The Hall–Kier alpha value is -0.410. The predicted octanol–water partition coefficient (Wildman–Crippen LogP) is 3.23. The lowest BCUT2D eigenvalue weighted by Crippen LogP contribution is -2.38. The van der Waals surface area contributed by atoms with Gasteiger partial charge in [0.15, 0.2) is 5.96 Å². The third-order valence-corrected chi connectivity index (χ3v) is 3.67. The number of nitrogens with one attached hydrogen (secondary N) is 2. The summed E-state index contributed by atoms with van der Waals surface area (Å²) < 4.78 is 5.56. The first-order chi connectivity index (χ1) is 10.6. The van der Waals surface area contributed by atoms with Crippen LogP contribution >= 0.6 is 35.3 Å². The third-order valence-electron chi connectivity index (χ3n) is 2.85. The first kappa shape index (κ1) is 22.6. The summed E-state index contributed by atoms with van der Waals surface area (Å²) in [6.07, 6.45) is 1.88. The van der Waals surface area contributed by atoms with Gasteiger partial charge in [-0.25, -0.2) is 4.98 Å². The Kier molecular flexibility index (Phi) is 13.7. The molecular weight excluding hydrogens is 423 g/mol. The van der Waals surface area contributed by atoms with Crippen molar-refractivity contribution in [2.24, 2.45) is 10.9 Å². The van der Waals surface area contributed by atoms with Gasteiger partial charge in [0.2, 0.25) is 0 Å². The molecule has 0 bridgehead atoms. The van der Waals surface area contributed by atoms with E-state index >= 15 is 0 Å². The van der Waals surface area contributed by atoms with Gasteiger partial charge in [-0.2, -0.15) is 0 Å². The van der Waals surface area contributed by atoms with Crippen molar-refractivity contribution in [2.75, 3.05) is 32.8 Å². The van der Waals surface area contributed by atoms with Gasteiger partial charge >= 0.3 is 0 Å². The Labute approximate surface area is 161 Å². The maximum absolute atomic E-state index is 5.56. The zero-order chi connectivity index (χ0) is 16.2. The topological polar surface area (TPSA) is 58.5 Å². The minimum atomic E-state index is 0. The van der Waals surface area contributed by atoms with E-state index in [4.69, 9.17) is 4.74 Å². The normalized spacial score (nSPS) is 11.4. The van der Waals surface area contributed by atoms with E-state index in [9.17, 15) is 0 Å². The summed E-state index contributed by atoms with van der Waals surface area (Å²) in [5, 5.41) is 9.85. The predicted molar refractivity (Wildman–Crippen MR) is 110 cm³/mol. The average molecular weight is 454 g/mol. The monoisotopic (exact) mass is 454 g/mol. The second-order valence-electron chi connectivity index (χ2n) is 5.62. The number of hydrogen-bond donors (Lipinski definition) is 2. The molecule has 0 atom stereocenters. The molecule has 0 aromatic carbocycles. The maximum atomic E-state index is 5.56. The summed E-state index contributed by atoms with van der Waals surface area (Å²) in [5.41, 5.74) is 1.15. The number of aromatic nitrogens is 1. The summed E-state index contributed by atoms with van der Waals surface area (Å²) in [7, 11) is 0. The Bertz CT molecular complexity index is 437. The van der Waals surface area contributed by atoms with E-state index in [0.717, 1.165) is 62.4 Å². The number of ether oxygens (including phenoxy) is 1. The van der Waals surface area contributed by atoms with Crippen LogP contribution in [0.15, 0.2) is 10.4 Å². The molecule has 0 unspecified atom stereocenters. The Morgan fingerprint density at radius 2 is 2.17 bits per heavy atom. The van der Waals surface area contributed by atoms with Gasteiger partial charge in [0.1, 0.15) is 0 Å². The van der Waals surface area contributed by atoms with Gasteiger partial charge in [-0.15, -0.1) is 35.3 Å². The van der Waals surface area contributed by atoms with Crippen molar-refractivity contribution in [3.05, 3.63) is 16.1 Å². The molecule has 0 saturated heterocycles. The SMILES string of the molecule is CCNC(=NCCCOCC(C)C)NCCc1csc(C)n1.I. The van der Waals surface area contributed by atoms with Crippen LogP contribution in [0.1, 0.15) is 37.9 Å². The molecule has 0 spiro atoms. The average Bonchev–Trinajstić information content (AvgIpc) is 2.88. The van der Waals surface area contributed by atoms with Gasteiger partial charge in [0.25, 0.3) is 0 Å². The largest absolute Gasteiger partial charge is 0.381 e. The van der Waals surface area contributed by atoms with Gasteiger partial charge in [-0.1, -0.05) is 13.8 Å². The standard InChI is InChI=1S/C16H30N4OS.HI/c1-5-17-16(18-8-6-10-21-11-13(2)3)19-9-7-15-12-22-14(4)20-15;/h12-13H,5-11H2,1-4H3,(H2,17,18,19);1H. The number of aryl methyl sites for hydroxylation is 1. The van der Waals surface area contributed by atoms with E-state index in [1.807, 2.05) is 6.92 Å². The highest BCUT2D eigenvalue weighted by Gasteiger charge is 2.00. The summed E-state index contributed by atoms with van der Waals surface area (Å²) in [6, 6.07) is 0. The van der Waals surface area contributed by atoms with Crippen LogP contribution in [-0.4, -0.2) is 43.8 Å². The first-order valence-electron chi connectivity index (χ1n) is 8.12. The van der Waals surface area contributed by atoms with E-state index in [0.29, 0.717) is 5.92 Å². The van der Waals surface area contributed by atoms with Gasteiger partial charge in [0, 0.05) is 44.6 Å². The second-order valence-corrected chi connectivity index (χ2v) is 6.68. The van der Waals surface area contributed by atoms with Crippen LogP contribution in [0, 0.1) is 12.8 Å². The van der Waals surface area contributed by atoms with E-state index in [-0.39, 0.29) is 24.0 Å². The molecule has 0 radical (unpaired) electrons. The maximum Gasteiger partial charge on any atom is 0.191 e. The Morgan fingerprint density at radius 3 is 2.78 bits per heavy atom. The highest BCUT2D eigenvalue weighted by atomic mass is 127. The number of guanidine groups is 1. The molecule has 7 heteroatoms. The Morgan fingerprint density at radius 1 is 1.39 bits per heavy atom. The molecule has 0 aliphatic carbocycles. The summed E-state index contributed by atoms with van der Waals surface area (Å²) >= 11 is 1.70. The smallest absolute Gasteiger partial charge is 0.191 e. The van der Waals surface area contributed by atoms with E-state index in [1.165, 1.54) is 0 Å². The number of aliphatic imine (C=N–C) groups is 1. The summed E-state index contributed by atoms with van der Waals surface area (Å²) in [4.78, 5) is 9.03. The van der Waals surface area contributed by atoms with Crippen molar-refractivity contribution in [1.29, 1.82) is 0 Å². The molecule has 23 heavy (non-hydrogen) atoms. The van der Waals surface area contributed by atoms with Crippen LogP contribution in [-0.2, 0) is 11.2 Å². The lowest BCUT2D eigenvalue weighted by atomic mass is 10.2. The lowest BCUT2D eigenvalue weighted by Gasteiger charge is -2.11. The fraction of sp³-hybridized carbons (Fsp3) is 0.750. The van der Waals surface area contributed by atoms with Crippen molar-refractivity contribution in [2.45, 2.75) is 40.5 Å².